The summed E-state index contributed by atoms with van der Waals surface area (Å²) in [6.07, 6.45) is 7.89. The second-order valence-electron chi connectivity index (χ2n) is 7.20. The molecule has 0 aromatic rings. The smallest absolute Gasteiger partial charge is 0.240 e. The molecule has 1 aliphatic carbocycles. The zero-order chi connectivity index (χ0) is 22.5. The van der Waals surface area contributed by atoms with Crippen LogP contribution in [0.3, 0.4) is 0 Å². The van der Waals surface area contributed by atoms with Crippen molar-refractivity contribution < 1.29 is 47.4 Å². The van der Waals surface area contributed by atoms with Crippen LogP contribution in [0, 0.1) is 5.92 Å². The molecule has 1 saturated carbocycles. The van der Waals surface area contributed by atoms with Gasteiger partial charge in [-0.3, -0.25) is 9.59 Å². The normalized spacial score (nSPS) is 17.0. The quantitative estimate of drug-likeness (QED) is 0.580. The van der Waals surface area contributed by atoms with Crippen LogP contribution in [0.5, 0.6) is 0 Å². The van der Waals surface area contributed by atoms with Gasteiger partial charge in [0.2, 0.25) is 11.8 Å². The van der Waals surface area contributed by atoms with E-state index in [1.807, 2.05) is 20.8 Å². The first kappa shape index (κ1) is 36.1. The van der Waals surface area contributed by atoms with E-state index >= 15 is 0 Å². The number of hydrogen-bond acceptors (Lipinski definition) is 3. The van der Waals surface area contributed by atoms with Crippen molar-refractivity contribution in [2.45, 2.75) is 92.2 Å². The van der Waals surface area contributed by atoms with Gasteiger partial charge < -0.3 is 21.1 Å². The van der Waals surface area contributed by atoms with Crippen molar-refractivity contribution in [3.05, 3.63) is 18.0 Å². The number of aliphatic hydroxyl groups is 1. The zero-order valence-corrected chi connectivity index (χ0v) is 22.8. The van der Waals surface area contributed by atoms with E-state index in [0.717, 1.165) is 25.2 Å². The molecule has 1 saturated heterocycles. The molecule has 6 nitrogen and oxygen atoms in total. The monoisotopic (exact) mass is 489 g/mol. The molecule has 1 heterocycles. The number of likely N-dealkylation sites (N-methyl/N-ethyl adjacent to an activating group) is 1. The van der Waals surface area contributed by atoms with Crippen molar-refractivity contribution in [1.82, 2.24) is 4.90 Å². The van der Waals surface area contributed by atoms with Crippen LogP contribution in [0.4, 0.5) is 0 Å². The number of hydrogen-bond donors (Lipinski definition) is 2. The molecule has 2 amide bonds. The van der Waals surface area contributed by atoms with Crippen molar-refractivity contribution in [2.75, 3.05) is 20.1 Å². The Morgan fingerprint density at radius 1 is 1.17 bits per heavy atom. The van der Waals surface area contributed by atoms with Gasteiger partial charge in [0.05, 0.1) is 6.10 Å². The van der Waals surface area contributed by atoms with Gasteiger partial charge in [0.1, 0.15) is 6.04 Å². The number of nitrogens with zero attached hydrogens (tertiary/aromatic N) is 2. The number of primary amides is 1. The first-order valence-electron chi connectivity index (χ1n) is 10.6. The van der Waals surface area contributed by atoms with Crippen LogP contribution in [0.15, 0.2) is 12.7 Å². The van der Waals surface area contributed by atoms with Crippen LogP contribution in [-0.2, 0) is 42.3 Å². The minimum Gasteiger partial charge on any atom is -0.657 e. The number of rotatable bonds is 3. The molecular weight excluding hydrogens is 443 g/mol. The fourth-order valence-electron chi connectivity index (χ4n) is 2.49. The number of likely N-dealkylation sites (tertiary alicyclic amines) is 1. The van der Waals surface area contributed by atoms with Gasteiger partial charge in [-0.25, -0.2) is 0 Å². The van der Waals surface area contributed by atoms with Crippen molar-refractivity contribution in [1.29, 1.82) is 0 Å². The largest absolute Gasteiger partial charge is 0.657 e. The third-order valence-corrected chi connectivity index (χ3v) is 3.52. The predicted octanol–water partition coefficient (Wildman–Crippen LogP) is 4.27. The van der Waals surface area contributed by atoms with E-state index in [2.05, 4.69) is 32.7 Å². The van der Waals surface area contributed by atoms with E-state index in [0.29, 0.717) is 13.0 Å². The molecule has 0 aromatic carbocycles. The first-order valence-corrected chi connectivity index (χ1v) is 10.6. The molecule has 2 aliphatic rings. The summed E-state index contributed by atoms with van der Waals surface area (Å²) in [7, 11) is 1.58. The van der Waals surface area contributed by atoms with E-state index in [-0.39, 0.29) is 51.3 Å². The second kappa shape index (κ2) is 25.7. The van der Waals surface area contributed by atoms with Crippen molar-refractivity contribution in [3.8, 4) is 0 Å². The van der Waals surface area contributed by atoms with Crippen LogP contribution in [0.25, 0.3) is 5.32 Å². The molecule has 1 radical (unpaired) electrons. The molecule has 7 heteroatoms. The number of aliphatic hydroxyl groups excluding tert-OH is 1. The van der Waals surface area contributed by atoms with Crippen LogP contribution in [0.2, 0.25) is 0 Å². The number of carbonyl (C=O) groups is 2. The Kier molecular flexibility index (Phi) is 32.0. The predicted molar refractivity (Wildman–Crippen MR) is 120 cm³/mol. The molecule has 0 unspecified atom stereocenters. The van der Waals surface area contributed by atoms with Crippen LogP contribution in [-0.4, -0.2) is 54.1 Å². The SMILES string of the molecule is C=CC.CC.CC(C)C.C[N-]CC(=O)N1CCC[C@H]1C(N)=O.OC1CCCC1.[Y]. The average Bonchev–Trinajstić information content (AvgIpc) is 3.29. The molecule has 0 bridgehead atoms. The Labute approximate surface area is 205 Å². The molecule has 1 atom stereocenters. The van der Waals surface area contributed by atoms with E-state index in [9.17, 15) is 9.59 Å². The van der Waals surface area contributed by atoms with E-state index in [1.54, 1.807) is 13.1 Å². The van der Waals surface area contributed by atoms with E-state index < -0.39 is 11.9 Å². The fourth-order valence-corrected chi connectivity index (χ4v) is 2.49. The molecule has 0 aromatic heterocycles. The van der Waals surface area contributed by atoms with E-state index in [4.69, 9.17) is 10.8 Å². The van der Waals surface area contributed by atoms with Gasteiger partial charge >= 0.3 is 0 Å². The molecule has 3 N–H and O–H groups in total. The molecule has 171 valence electrons. The second-order valence-corrected chi connectivity index (χ2v) is 7.20. The standard InChI is InChI=1S/C8H14N3O2.C5H10O.C4H10.C3H6.C2H6.Y/c1-10-5-7(12)11-4-2-3-6(11)8(9)13;6-5-3-1-2-4-5;1-4(2)3;1-3-2;1-2;/h6H,2-5H2,1H3,(H2,9,13);5-6H,1-4H2;4H,1-3H3;3H,1H2,2H3;1-2H3;/q-1;;;;;/t6-;;;;;/m0...../s1. The van der Waals surface area contributed by atoms with Gasteiger partial charge in [-0.15, -0.1) is 6.58 Å². The average molecular weight is 490 g/mol. The minimum absolute atomic E-state index is 0. The summed E-state index contributed by atoms with van der Waals surface area (Å²) in [6, 6.07) is -0.408. The third kappa shape index (κ3) is 23.8. The number of nitrogens with two attached hydrogens (primary N) is 1. The number of allylic oxidation sites excluding steroid dienone is 1. The summed E-state index contributed by atoms with van der Waals surface area (Å²) in [5, 5.41) is 12.5. The maximum atomic E-state index is 11.4. The Morgan fingerprint density at radius 3 is 1.86 bits per heavy atom. The first-order chi connectivity index (χ1) is 13.2. The van der Waals surface area contributed by atoms with Gasteiger partial charge in [-0.1, -0.05) is 60.1 Å². The van der Waals surface area contributed by atoms with Gasteiger partial charge in [-0.2, -0.15) is 7.05 Å². The van der Waals surface area contributed by atoms with Gasteiger partial charge in [0.15, 0.2) is 0 Å². The number of carbonyl (C=O) groups excluding carboxylic acids is 2. The summed E-state index contributed by atoms with van der Waals surface area (Å²) in [6.45, 7) is 16.5. The van der Waals surface area contributed by atoms with Gasteiger partial charge in [0.25, 0.3) is 0 Å². The summed E-state index contributed by atoms with van der Waals surface area (Å²) in [4.78, 5) is 23.8. The third-order valence-electron chi connectivity index (χ3n) is 3.52. The van der Waals surface area contributed by atoms with Crippen molar-refractivity contribution >= 4 is 11.8 Å². The summed E-state index contributed by atoms with van der Waals surface area (Å²) < 4.78 is 0. The maximum absolute atomic E-state index is 11.4. The van der Waals surface area contributed by atoms with Crippen LogP contribution < -0.4 is 5.73 Å². The Morgan fingerprint density at radius 2 is 1.59 bits per heavy atom. The van der Waals surface area contributed by atoms with Crippen LogP contribution >= 0.6 is 0 Å². The van der Waals surface area contributed by atoms with Crippen molar-refractivity contribution in [2.24, 2.45) is 11.7 Å². The molecule has 29 heavy (non-hydrogen) atoms. The van der Waals surface area contributed by atoms with Gasteiger partial charge in [0, 0.05) is 39.3 Å². The Bertz CT molecular complexity index is 385. The minimum atomic E-state index is -0.415. The Balaban J connectivity index is -0.000000163. The topological polar surface area (TPSA) is 97.7 Å². The molecule has 1 aliphatic heterocycles. The van der Waals surface area contributed by atoms with Gasteiger partial charge in [-0.05, 0) is 38.5 Å². The molecular formula is C22H46N3O3Y-. The molecule has 2 fully saturated rings. The summed E-state index contributed by atoms with van der Waals surface area (Å²) >= 11 is 0. The van der Waals surface area contributed by atoms with Crippen LogP contribution in [0.1, 0.15) is 80.1 Å². The Hall–Kier alpha value is -0.296. The summed E-state index contributed by atoms with van der Waals surface area (Å²) in [5.41, 5.74) is 5.16. The zero-order valence-electron chi connectivity index (χ0n) is 20.0. The molecule has 2 rings (SSSR count). The summed E-state index contributed by atoms with van der Waals surface area (Å²) in [5.74, 6) is 0.311. The number of amides is 2. The fraction of sp³-hybridized carbons (Fsp3) is 0.818. The maximum Gasteiger partial charge on any atom is 0.240 e. The molecule has 0 spiro atoms. The van der Waals surface area contributed by atoms with E-state index in [1.165, 1.54) is 17.7 Å². The van der Waals surface area contributed by atoms with Crippen molar-refractivity contribution in [3.63, 3.8) is 0 Å².